The lowest BCUT2D eigenvalue weighted by atomic mass is 10.2. The maximum atomic E-state index is 13.4. The third kappa shape index (κ3) is 3.68. The molecule has 9 nitrogen and oxygen atoms in total. The van der Waals surface area contributed by atoms with Crippen LogP contribution in [0.4, 0.5) is 5.82 Å². The van der Waals surface area contributed by atoms with E-state index in [0.717, 1.165) is 11.3 Å². The van der Waals surface area contributed by atoms with Gasteiger partial charge in [-0.05, 0) is 44.5 Å². The number of amides is 1. The van der Waals surface area contributed by atoms with Gasteiger partial charge in [-0.25, -0.2) is 4.57 Å². The van der Waals surface area contributed by atoms with Crippen molar-refractivity contribution < 1.29 is 9.32 Å². The maximum Gasteiger partial charge on any atom is 0.267 e. The lowest BCUT2D eigenvalue weighted by Gasteiger charge is -2.14. The first kappa shape index (κ1) is 21.0. The number of nitrogens with zero attached hydrogens (tertiary/aromatic N) is 5. The third-order valence-corrected chi connectivity index (χ3v) is 6.32. The first-order valence-corrected chi connectivity index (χ1v) is 11.2. The quantitative estimate of drug-likeness (QED) is 0.398. The van der Waals surface area contributed by atoms with E-state index in [9.17, 15) is 9.59 Å². The maximum absolute atomic E-state index is 13.4. The summed E-state index contributed by atoms with van der Waals surface area (Å²) >= 11 is 1.25. The Morgan fingerprint density at radius 2 is 1.85 bits per heavy atom. The summed E-state index contributed by atoms with van der Waals surface area (Å²) < 4.78 is 8.39. The Morgan fingerprint density at radius 1 is 1.09 bits per heavy atom. The molecule has 0 spiro atoms. The Bertz CT molecular complexity index is 1570. The van der Waals surface area contributed by atoms with Crippen molar-refractivity contribution in [2.75, 3.05) is 5.32 Å². The monoisotopic (exact) mass is 460 g/mol. The highest BCUT2D eigenvalue weighted by molar-refractivity contribution is 8.00. The van der Waals surface area contributed by atoms with Crippen LogP contribution in [0.2, 0.25) is 0 Å². The van der Waals surface area contributed by atoms with Crippen molar-refractivity contribution >= 4 is 40.2 Å². The number of anilines is 1. The number of carbonyl (C=O) groups excluding carboxylic acids is 1. The molecule has 0 bridgehead atoms. The van der Waals surface area contributed by atoms with E-state index in [1.165, 1.54) is 11.8 Å². The molecule has 1 atom stereocenters. The minimum Gasteiger partial charge on any atom is -0.360 e. The fraction of sp³-hybridized carbons (Fsp3) is 0.174. The smallest absolute Gasteiger partial charge is 0.267 e. The van der Waals surface area contributed by atoms with E-state index < -0.39 is 5.25 Å². The van der Waals surface area contributed by atoms with Gasteiger partial charge in [0.1, 0.15) is 5.76 Å². The number of hydrogen-bond acceptors (Lipinski definition) is 7. The van der Waals surface area contributed by atoms with Crippen LogP contribution in [0.25, 0.3) is 22.4 Å². The number of aromatic nitrogens is 5. The Hall–Kier alpha value is -3.92. The van der Waals surface area contributed by atoms with E-state index in [1.807, 2.05) is 53.8 Å². The van der Waals surface area contributed by atoms with Crippen LogP contribution in [-0.4, -0.2) is 35.5 Å². The van der Waals surface area contributed by atoms with Crippen LogP contribution in [-0.2, 0) is 4.79 Å². The molecule has 0 aliphatic carbocycles. The van der Waals surface area contributed by atoms with Crippen LogP contribution in [0.5, 0.6) is 0 Å². The topological polar surface area (TPSA) is 107 Å². The molecule has 10 heteroatoms. The minimum atomic E-state index is -0.507. The third-order valence-electron chi connectivity index (χ3n) is 5.28. The number of thioether (sulfide) groups is 1. The van der Waals surface area contributed by atoms with Gasteiger partial charge in [-0.1, -0.05) is 47.3 Å². The van der Waals surface area contributed by atoms with Crippen LogP contribution in [0.15, 0.2) is 69.1 Å². The van der Waals surface area contributed by atoms with Crippen molar-refractivity contribution in [2.45, 2.75) is 31.2 Å². The van der Waals surface area contributed by atoms with Crippen molar-refractivity contribution in [3.8, 4) is 5.69 Å². The van der Waals surface area contributed by atoms with Crippen molar-refractivity contribution in [2.24, 2.45) is 0 Å². The molecule has 2 aromatic carbocycles. The second-order valence-electron chi connectivity index (χ2n) is 7.63. The molecule has 166 valence electrons. The van der Waals surface area contributed by atoms with Crippen molar-refractivity contribution in [1.29, 1.82) is 0 Å². The lowest BCUT2D eigenvalue weighted by molar-refractivity contribution is -0.115. The number of para-hydroxylation sites is 2. The van der Waals surface area contributed by atoms with E-state index in [4.69, 9.17) is 4.52 Å². The van der Waals surface area contributed by atoms with Gasteiger partial charge in [0.15, 0.2) is 11.0 Å². The standard InChI is InChI=1S/C23H20N6O3S/c1-13-8-4-6-10-17(13)28-21(31)16-9-5-7-11-18(16)29-22(28)25-26-23(29)33-15(3)20(30)24-19-12-14(2)32-27-19/h4-12,15H,1-3H3,(H,24,27,30). The van der Waals surface area contributed by atoms with Gasteiger partial charge >= 0.3 is 0 Å². The Balaban J connectivity index is 1.62. The van der Waals surface area contributed by atoms with Gasteiger partial charge < -0.3 is 9.84 Å². The van der Waals surface area contributed by atoms with Crippen molar-refractivity contribution in [1.82, 2.24) is 24.3 Å². The van der Waals surface area contributed by atoms with Gasteiger partial charge in [-0.15, -0.1) is 10.2 Å². The Morgan fingerprint density at radius 3 is 2.61 bits per heavy atom. The van der Waals surface area contributed by atoms with Gasteiger partial charge in [-0.2, -0.15) is 0 Å². The Labute approximate surface area is 192 Å². The number of fused-ring (bicyclic) bond motifs is 3. The number of carbonyl (C=O) groups is 1. The molecule has 0 saturated carbocycles. The van der Waals surface area contributed by atoms with Crippen LogP contribution >= 0.6 is 11.8 Å². The van der Waals surface area contributed by atoms with Crippen LogP contribution < -0.4 is 10.9 Å². The van der Waals surface area contributed by atoms with E-state index >= 15 is 0 Å². The molecule has 1 unspecified atom stereocenters. The second kappa shape index (κ2) is 8.21. The zero-order valence-corrected chi connectivity index (χ0v) is 19.0. The van der Waals surface area contributed by atoms with Crippen LogP contribution in [0, 0.1) is 13.8 Å². The summed E-state index contributed by atoms with van der Waals surface area (Å²) in [6.45, 7) is 5.47. The lowest BCUT2D eigenvalue weighted by Crippen LogP contribution is -2.24. The zero-order valence-electron chi connectivity index (χ0n) is 18.1. The molecule has 5 rings (SSSR count). The van der Waals surface area contributed by atoms with E-state index in [0.29, 0.717) is 33.4 Å². The molecule has 1 amide bonds. The highest BCUT2D eigenvalue weighted by Crippen LogP contribution is 2.27. The SMILES string of the molecule is Cc1cc(NC(=O)C(C)Sc2nnc3n(-c4ccccc4C)c(=O)c4ccccc4n23)no1. The fourth-order valence-electron chi connectivity index (χ4n) is 3.65. The highest BCUT2D eigenvalue weighted by atomic mass is 32.2. The summed E-state index contributed by atoms with van der Waals surface area (Å²) in [4.78, 5) is 26.1. The molecule has 0 radical (unpaired) electrons. The van der Waals surface area contributed by atoms with Crippen molar-refractivity contribution in [3.05, 3.63) is 76.3 Å². The van der Waals surface area contributed by atoms with Crippen molar-refractivity contribution in [3.63, 3.8) is 0 Å². The molecule has 0 aliphatic heterocycles. The summed E-state index contributed by atoms with van der Waals surface area (Å²) in [7, 11) is 0. The van der Waals surface area contributed by atoms with Crippen LogP contribution in [0.1, 0.15) is 18.2 Å². The zero-order chi connectivity index (χ0) is 23.1. The van der Waals surface area contributed by atoms with Gasteiger partial charge in [0.25, 0.3) is 5.56 Å². The summed E-state index contributed by atoms with van der Waals surface area (Å²) in [6.07, 6.45) is 0. The number of aryl methyl sites for hydroxylation is 2. The number of benzene rings is 2. The fourth-order valence-corrected chi connectivity index (χ4v) is 4.51. The first-order valence-electron chi connectivity index (χ1n) is 10.3. The minimum absolute atomic E-state index is 0.177. The molecule has 3 heterocycles. The van der Waals surface area contributed by atoms with Gasteiger partial charge in [0.2, 0.25) is 11.7 Å². The largest absolute Gasteiger partial charge is 0.360 e. The molecule has 0 fully saturated rings. The molecule has 33 heavy (non-hydrogen) atoms. The van der Waals surface area contributed by atoms with Gasteiger partial charge in [0, 0.05) is 6.07 Å². The Kier molecular flexibility index (Phi) is 5.21. The number of hydrogen-bond donors (Lipinski definition) is 1. The predicted octanol–water partition coefficient (Wildman–Crippen LogP) is 3.76. The molecule has 5 aromatic rings. The summed E-state index contributed by atoms with van der Waals surface area (Å²) in [5.41, 5.74) is 2.16. The molecular weight excluding hydrogens is 440 g/mol. The number of nitrogens with one attached hydrogen (secondary N) is 1. The molecule has 0 saturated heterocycles. The van der Waals surface area contributed by atoms with E-state index in [2.05, 4.69) is 20.7 Å². The van der Waals surface area contributed by atoms with Gasteiger partial charge in [0.05, 0.1) is 21.8 Å². The molecule has 1 N–H and O–H groups in total. The van der Waals surface area contributed by atoms with E-state index in [-0.39, 0.29) is 11.5 Å². The van der Waals surface area contributed by atoms with Gasteiger partial charge in [-0.3, -0.25) is 14.0 Å². The summed E-state index contributed by atoms with van der Waals surface area (Å²) in [6, 6.07) is 16.6. The average molecular weight is 461 g/mol. The molecule has 0 aliphatic rings. The molecular formula is C23H20N6O3S. The van der Waals surface area contributed by atoms with E-state index in [1.54, 1.807) is 30.5 Å². The average Bonchev–Trinajstić information content (AvgIpc) is 3.41. The summed E-state index contributed by atoms with van der Waals surface area (Å²) in [5, 5.41) is 15.7. The summed E-state index contributed by atoms with van der Waals surface area (Å²) in [5.74, 6) is 1.10. The predicted molar refractivity (Wildman–Crippen MR) is 126 cm³/mol. The highest BCUT2D eigenvalue weighted by Gasteiger charge is 2.23. The normalized spacial score (nSPS) is 12.3. The van der Waals surface area contributed by atoms with Crippen LogP contribution in [0.3, 0.4) is 0 Å². The number of rotatable bonds is 5. The molecule has 3 aromatic heterocycles. The first-order chi connectivity index (χ1) is 15.9. The second-order valence-corrected chi connectivity index (χ2v) is 8.94.